The summed E-state index contributed by atoms with van der Waals surface area (Å²) in [5, 5.41) is 2.95. The van der Waals surface area contributed by atoms with E-state index in [4.69, 9.17) is 0 Å². The van der Waals surface area contributed by atoms with E-state index in [1.165, 1.54) is 36.1 Å². The molecule has 0 amide bonds. The predicted octanol–water partition coefficient (Wildman–Crippen LogP) is 0.0329. The molecule has 176 valence electrons. The van der Waals surface area contributed by atoms with Crippen molar-refractivity contribution < 1.29 is 44.0 Å². The fraction of sp³-hybridized carbons (Fsp3) is 0.267. The van der Waals surface area contributed by atoms with Crippen molar-refractivity contribution in [1.29, 1.82) is 0 Å². The van der Waals surface area contributed by atoms with Gasteiger partial charge in [0.2, 0.25) is 0 Å². The van der Waals surface area contributed by atoms with E-state index < -0.39 is 6.19 Å². The first kappa shape index (κ1) is 29.1. The van der Waals surface area contributed by atoms with Gasteiger partial charge in [-0.05, 0) is 11.8 Å². The van der Waals surface area contributed by atoms with Gasteiger partial charge in [0.25, 0.3) is 0 Å². The molecule has 0 bridgehead atoms. The summed E-state index contributed by atoms with van der Waals surface area (Å²) in [6, 6.07) is 21.5. The van der Waals surface area contributed by atoms with Crippen molar-refractivity contribution in [3.63, 3.8) is 0 Å². The second-order valence-corrected chi connectivity index (χ2v) is 13.0. The van der Waals surface area contributed by atoms with Crippen molar-refractivity contribution in [1.82, 2.24) is 0 Å². The van der Waals surface area contributed by atoms with Crippen LogP contribution in [0.25, 0.3) is 0 Å². The van der Waals surface area contributed by atoms with Gasteiger partial charge >= 0.3 is 96.4 Å². The molecule has 0 saturated heterocycles. The molecule has 4 unspecified atom stereocenters. The average Bonchev–Trinajstić information content (AvgIpc) is 3.55. The first-order valence-electron chi connectivity index (χ1n) is 11.9. The van der Waals surface area contributed by atoms with Gasteiger partial charge in [-0.25, -0.2) is 0 Å². The SMILES string of the molecule is C1=CC2[CH-]CCC2C=C1.C1=CC2[CH-]CCC2C=C1.[Cl-].[Cl-].[Ti+2]=[Si](c1ccccc1)c1ccccc1. The monoisotopic (exact) mass is 538 g/mol. The fourth-order valence-electron chi connectivity index (χ4n) is 4.76. The summed E-state index contributed by atoms with van der Waals surface area (Å²) in [7, 11) is 0. The van der Waals surface area contributed by atoms with Crippen molar-refractivity contribution in [3.8, 4) is 0 Å². The average molecular weight is 539 g/mol. The summed E-state index contributed by atoms with van der Waals surface area (Å²) >= 11 is 2.34. The van der Waals surface area contributed by atoms with Gasteiger partial charge in [0.15, 0.2) is 0 Å². The van der Waals surface area contributed by atoms with Gasteiger partial charge in [-0.1, -0.05) is 49.3 Å². The molecule has 2 saturated carbocycles. The Labute approximate surface area is 230 Å². The minimum atomic E-state index is -0.545. The predicted molar refractivity (Wildman–Crippen MR) is 135 cm³/mol. The van der Waals surface area contributed by atoms with E-state index in [-0.39, 0.29) is 24.8 Å². The molecular weight excluding hydrogens is 507 g/mol. The Morgan fingerprint density at radius 3 is 1.35 bits per heavy atom. The van der Waals surface area contributed by atoms with E-state index in [2.05, 4.69) is 141 Å². The standard InChI is InChI=1S/C12H10Si.2C9H11.2ClH.Ti/c1-3-7-11(8-4-1)13-12-9-5-2-6-10-12;2*1-2-5-9-7-3-6-8(9)4-1;;;/h1-10H;2*1-2,4-6,8-9H,3,7H2;2*1H;/q;2*-1;;;+2/p-2. The molecule has 0 spiro atoms. The van der Waals surface area contributed by atoms with Crippen LogP contribution in [0.5, 0.6) is 0 Å². The molecule has 2 fully saturated rings. The second kappa shape index (κ2) is 15.8. The quantitative estimate of drug-likeness (QED) is 0.374. The zero-order valence-corrected chi connectivity index (χ0v) is 23.5. The molecule has 0 aliphatic heterocycles. The molecular formula is C30H32Cl2SiTi-2. The fourth-order valence-corrected chi connectivity index (χ4v) is 7.71. The number of rotatable bonds is 2. The number of hydrogen-bond donors (Lipinski definition) is 0. The minimum absolute atomic E-state index is 0. The first-order valence-corrected chi connectivity index (χ1v) is 15.7. The molecule has 2 aromatic rings. The van der Waals surface area contributed by atoms with Crippen LogP contribution < -0.4 is 35.2 Å². The Bertz CT molecular complexity index is 866. The summed E-state index contributed by atoms with van der Waals surface area (Å²) in [6.45, 7) is 0. The van der Waals surface area contributed by atoms with Crippen molar-refractivity contribution >= 4 is 16.6 Å². The number of halogens is 2. The van der Waals surface area contributed by atoms with Gasteiger partial charge < -0.3 is 37.7 Å². The maximum absolute atomic E-state index is 2.42. The van der Waals surface area contributed by atoms with E-state index in [9.17, 15) is 0 Å². The number of allylic oxidation sites excluding steroid dienone is 8. The summed E-state index contributed by atoms with van der Waals surface area (Å²) in [6.07, 6.45) is 27.6. The van der Waals surface area contributed by atoms with Crippen molar-refractivity contribution in [2.45, 2.75) is 25.7 Å². The molecule has 4 aliphatic rings. The van der Waals surface area contributed by atoms with Crippen LogP contribution in [0.3, 0.4) is 0 Å². The molecule has 4 atom stereocenters. The molecule has 0 aromatic heterocycles. The molecule has 0 heterocycles. The van der Waals surface area contributed by atoms with E-state index >= 15 is 0 Å². The molecule has 4 heteroatoms. The van der Waals surface area contributed by atoms with E-state index in [1.54, 1.807) is 0 Å². The van der Waals surface area contributed by atoms with Crippen molar-refractivity contribution in [2.24, 2.45) is 23.7 Å². The number of benzene rings is 2. The van der Waals surface area contributed by atoms with Crippen LogP contribution in [0, 0.1) is 36.5 Å². The summed E-state index contributed by atoms with van der Waals surface area (Å²) in [5.41, 5.74) is 0. The van der Waals surface area contributed by atoms with Crippen LogP contribution in [-0.4, -0.2) is 6.19 Å². The Morgan fingerprint density at radius 2 is 0.971 bits per heavy atom. The van der Waals surface area contributed by atoms with Crippen molar-refractivity contribution in [3.05, 3.63) is 122 Å². The zero-order valence-electron chi connectivity index (χ0n) is 19.4. The zero-order chi connectivity index (χ0) is 22.0. The summed E-state index contributed by atoms with van der Waals surface area (Å²) in [4.78, 5) is 0. The Hall–Kier alpha value is -1.09. The normalized spacial score (nSPS) is 24.8. The molecule has 0 N–H and O–H groups in total. The van der Waals surface area contributed by atoms with E-state index in [0.717, 1.165) is 23.7 Å². The van der Waals surface area contributed by atoms with Crippen molar-refractivity contribution in [2.75, 3.05) is 0 Å². The Morgan fingerprint density at radius 1 is 0.588 bits per heavy atom. The van der Waals surface area contributed by atoms with Crippen LogP contribution >= 0.6 is 0 Å². The van der Waals surface area contributed by atoms with Crippen LogP contribution in [0.4, 0.5) is 0 Å². The van der Waals surface area contributed by atoms with E-state index in [0.29, 0.717) is 0 Å². The van der Waals surface area contributed by atoms with Gasteiger partial charge in [0, 0.05) is 0 Å². The molecule has 6 rings (SSSR count). The first-order chi connectivity index (χ1) is 15.8. The molecule has 0 radical (unpaired) electrons. The Kier molecular flexibility index (Phi) is 13.6. The number of fused-ring (bicyclic) bond motifs is 2. The van der Waals surface area contributed by atoms with Gasteiger partial charge in [-0.15, -0.1) is 24.0 Å². The molecule has 2 aromatic carbocycles. The van der Waals surface area contributed by atoms with Gasteiger partial charge in [0.1, 0.15) is 0 Å². The third-order valence-corrected chi connectivity index (χ3v) is 11.1. The second-order valence-electron chi connectivity index (χ2n) is 8.76. The van der Waals surface area contributed by atoms with E-state index in [1.807, 2.05) is 0 Å². The summed E-state index contributed by atoms with van der Waals surface area (Å²) < 4.78 is 0. The Balaban J connectivity index is 0.000000181. The molecule has 0 nitrogen and oxygen atoms in total. The third kappa shape index (κ3) is 8.54. The van der Waals surface area contributed by atoms with Crippen LogP contribution in [-0.2, 0) is 19.2 Å². The summed E-state index contributed by atoms with van der Waals surface area (Å²) in [5.74, 6) is 3.23. The van der Waals surface area contributed by atoms with Gasteiger partial charge in [-0.2, -0.15) is 12.8 Å². The molecule has 4 aliphatic carbocycles. The van der Waals surface area contributed by atoms with Crippen LogP contribution in [0.2, 0.25) is 0 Å². The topological polar surface area (TPSA) is 0 Å². The third-order valence-electron chi connectivity index (χ3n) is 6.60. The molecule has 34 heavy (non-hydrogen) atoms. The maximum atomic E-state index is 2.42. The van der Waals surface area contributed by atoms with Crippen LogP contribution in [0.15, 0.2) is 109 Å². The number of hydrogen-bond acceptors (Lipinski definition) is 0. The van der Waals surface area contributed by atoms with Crippen LogP contribution in [0.1, 0.15) is 25.7 Å². The van der Waals surface area contributed by atoms with Gasteiger partial charge in [0.05, 0.1) is 0 Å². The van der Waals surface area contributed by atoms with Gasteiger partial charge in [-0.3, -0.25) is 0 Å².